The van der Waals surface area contributed by atoms with Crippen LogP contribution >= 0.6 is 0 Å². The number of nitrogens with zero attached hydrogens (tertiary/aromatic N) is 2. The van der Waals surface area contributed by atoms with E-state index >= 15 is 0 Å². The van der Waals surface area contributed by atoms with Gasteiger partial charge < -0.3 is 10.7 Å². The highest BCUT2D eigenvalue weighted by atomic mass is 16.1. The van der Waals surface area contributed by atoms with E-state index in [1.54, 1.807) is 11.4 Å². The van der Waals surface area contributed by atoms with Crippen LogP contribution in [0.2, 0.25) is 0 Å². The molecule has 0 radical (unpaired) electrons. The van der Waals surface area contributed by atoms with E-state index in [9.17, 15) is 4.79 Å². The molecule has 5 nitrogen and oxygen atoms in total. The molecule has 80 valence electrons. The number of aryl methyl sites for hydroxylation is 1. The Morgan fingerprint density at radius 1 is 1.60 bits per heavy atom. The maximum atomic E-state index is 11.4. The van der Waals surface area contributed by atoms with Crippen molar-refractivity contribution in [1.29, 1.82) is 0 Å². The van der Waals surface area contributed by atoms with Gasteiger partial charge in [-0.1, -0.05) is 13.3 Å². The first-order valence-corrected chi connectivity index (χ1v) is 5.00. The predicted octanol–water partition coefficient (Wildman–Crippen LogP) is 0.866. The van der Waals surface area contributed by atoms with Gasteiger partial charge in [-0.05, 0) is 13.3 Å². The summed E-state index contributed by atoms with van der Waals surface area (Å²) < 4.78 is 1.59. The third-order valence-corrected chi connectivity index (χ3v) is 2.46. The molecule has 0 aliphatic rings. The highest BCUT2D eigenvalue weighted by Gasteiger charge is 2.08. The lowest BCUT2D eigenvalue weighted by molar-refractivity contribution is 0.833. The van der Waals surface area contributed by atoms with Crippen LogP contribution in [0.25, 0.3) is 5.65 Å². The van der Waals surface area contributed by atoms with Gasteiger partial charge in [0.05, 0.1) is 11.3 Å². The van der Waals surface area contributed by atoms with Crippen LogP contribution < -0.4 is 11.3 Å². The first-order valence-electron chi connectivity index (χ1n) is 5.00. The number of nitrogens with one attached hydrogen (secondary N) is 1. The van der Waals surface area contributed by atoms with Gasteiger partial charge >= 0.3 is 0 Å². The van der Waals surface area contributed by atoms with E-state index in [4.69, 9.17) is 5.73 Å². The molecule has 0 atom stereocenters. The van der Waals surface area contributed by atoms with E-state index in [-0.39, 0.29) is 5.56 Å². The van der Waals surface area contributed by atoms with Gasteiger partial charge in [-0.15, -0.1) is 0 Å². The zero-order valence-corrected chi connectivity index (χ0v) is 8.87. The monoisotopic (exact) mass is 206 g/mol. The first-order chi connectivity index (χ1) is 7.13. The lowest BCUT2D eigenvalue weighted by atomic mass is 10.2. The van der Waals surface area contributed by atoms with E-state index in [2.05, 4.69) is 17.0 Å². The van der Waals surface area contributed by atoms with Crippen molar-refractivity contribution in [1.82, 2.24) is 14.6 Å². The summed E-state index contributed by atoms with van der Waals surface area (Å²) in [5.41, 5.74) is 7.78. The number of nitrogens with two attached hydrogens (primary N) is 1. The van der Waals surface area contributed by atoms with E-state index < -0.39 is 0 Å². The second-order valence-corrected chi connectivity index (χ2v) is 3.65. The van der Waals surface area contributed by atoms with Gasteiger partial charge in [-0.25, -0.2) is 4.52 Å². The van der Waals surface area contributed by atoms with Gasteiger partial charge in [0.25, 0.3) is 5.56 Å². The van der Waals surface area contributed by atoms with Crippen molar-refractivity contribution in [2.75, 3.05) is 5.73 Å². The molecule has 0 amide bonds. The molecule has 0 saturated carbocycles. The molecule has 0 saturated heterocycles. The minimum Gasteiger partial charge on any atom is -0.383 e. The summed E-state index contributed by atoms with van der Waals surface area (Å²) in [5.74, 6) is 0.413. The lowest BCUT2D eigenvalue weighted by Crippen LogP contribution is -2.16. The molecule has 0 bridgehead atoms. The number of rotatable bonds is 2. The summed E-state index contributed by atoms with van der Waals surface area (Å²) in [5, 5.41) is 4.33. The lowest BCUT2D eigenvalue weighted by Gasteiger charge is -2.00. The summed E-state index contributed by atoms with van der Waals surface area (Å²) in [4.78, 5) is 14.2. The van der Waals surface area contributed by atoms with Crippen molar-refractivity contribution >= 4 is 11.5 Å². The van der Waals surface area contributed by atoms with E-state index in [1.165, 1.54) is 0 Å². The van der Waals surface area contributed by atoms with Crippen molar-refractivity contribution in [3.8, 4) is 0 Å². The topological polar surface area (TPSA) is 76.2 Å². The number of hydrogen-bond donors (Lipinski definition) is 2. The van der Waals surface area contributed by atoms with Crippen LogP contribution in [0.3, 0.4) is 0 Å². The van der Waals surface area contributed by atoms with Crippen LogP contribution in [-0.2, 0) is 6.42 Å². The molecular weight excluding hydrogens is 192 g/mol. The van der Waals surface area contributed by atoms with Crippen LogP contribution in [-0.4, -0.2) is 14.6 Å². The van der Waals surface area contributed by atoms with Gasteiger partial charge in [0, 0.05) is 6.07 Å². The summed E-state index contributed by atoms with van der Waals surface area (Å²) >= 11 is 0. The molecule has 3 N–H and O–H groups in total. The van der Waals surface area contributed by atoms with Crippen molar-refractivity contribution < 1.29 is 0 Å². The highest BCUT2D eigenvalue weighted by Crippen LogP contribution is 2.10. The Kier molecular flexibility index (Phi) is 2.22. The Balaban J connectivity index is 2.71. The zero-order chi connectivity index (χ0) is 11.0. The van der Waals surface area contributed by atoms with Crippen LogP contribution in [0, 0.1) is 6.92 Å². The third kappa shape index (κ3) is 1.49. The van der Waals surface area contributed by atoms with Crippen LogP contribution in [0.1, 0.15) is 24.6 Å². The molecule has 0 aromatic carbocycles. The fourth-order valence-corrected chi connectivity index (χ4v) is 1.57. The van der Waals surface area contributed by atoms with Crippen molar-refractivity contribution in [2.45, 2.75) is 26.7 Å². The standard InChI is InChI=1S/C10H14N4O/c1-3-4-7-5-8-12-10(15)6(2)9(11)14(8)13-7/h5H,3-4,11H2,1-2H3,(H,12,15). The summed E-state index contributed by atoms with van der Waals surface area (Å²) in [7, 11) is 0. The average molecular weight is 206 g/mol. The smallest absolute Gasteiger partial charge is 0.256 e. The minimum atomic E-state index is -0.150. The summed E-state index contributed by atoms with van der Waals surface area (Å²) in [6.07, 6.45) is 1.91. The minimum absolute atomic E-state index is 0.150. The number of H-pyrrole nitrogens is 1. The Morgan fingerprint density at radius 2 is 2.33 bits per heavy atom. The maximum Gasteiger partial charge on any atom is 0.256 e. The molecular formula is C10H14N4O. The van der Waals surface area contributed by atoms with Crippen LogP contribution in [0.5, 0.6) is 0 Å². The Bertz CT molecular complexity index is 552. The fraction of sp³-hybridized carbons (Fsp3) is 0.400. The molecule has 2 rings (SSSR count). The van der Waals surface area contributed by atoms with Crippen molar-refractivity contribution in [3.05, 3.63) is 27.7 Å². The molecule has 0 spiro atoms. The average Bonchev–Trinajstić information content (AvgIpc) is 2.58. The van der Waals surface area contributed by atoms with E-state index in [0.29, 0.717) is 17.0 Å². The normalized spacial score (nSPS) is 11.1. The second kappa shape index (κ2) is 3.42. The van der Waals surface area contributed by atoms with E-state index in [1.807, 2.05) is 6.07 Å². The predicted molar refractivity (Wildman–Crippen MR) is 59.0 cm³/mol. The Morgan fingerprint density at radius 3 is 3.00 bits per heavy atom. The van der Waals surface area contributed by atoms with Gasteiger partial charge in [0.2, 0.25) is 0 Å². The molecule has 0 unspecified atom stereocenters. The molecule has 2 heterocycles. The molecule has 2 aromatic heterocycles. The Hall–Kier alpha value is -1.78. The van der Waals surface area contributed by atoms with Crippen molar-refractivity contribution in [3.63, 3.8) is 0 Å². The quantitative estimate of drug-likeness (QED) is 0.765. The number of aromatic amines is 1. The first kappa shape index (κ1) is 9.76. The van der Waals surface area contributed by atoms with Gasteiger partial charge in [0.1, 0.15) is 11.5 Å². The van der Waals surface area contributed by atoms with Crippen LogP contribution in [0.4, 0.5) is 5.82 Å². The van der Waals surface area contributed by atoms with Gasteiger partial charge in [-0.2, -0.15) is 5.10 Å². The molecule has 0 aliphatic heterocycles. The summed E-state index contributed by atoms with van der Waals surface area (Å²) in [6, 6.07) is 1.86. The number of nitrogen functional groups attached to an aromatic ring is 1. The second-order valence-electron chi connectivity index (χ2n) is 3.65. The Labute approximate surface area is 86.9 Å². The number of fused-ring (bicyclic) bond motifs is 1. The van der Waals surface area contributed by atoms with E-state index in [0.717, 1.165) is 18.5 Å². The largest absolute Gasteiger partial charge is 0.383 e. The fourth-order valence-electron chi connectivity index (χ4n) is 1.57. The molecule has 0 aliphatic carbocycles. The number of hydrogen-bond acceptors (Lipinski definition) is 3. The molecule has 15 heavy (non-hydrogen) atoms. The third-order valence-electron chi connectivity index (χ3n) is 2.46. The molecule has 2 aromatic rings. The zero-order valence-electron chi connectivity index (χ0n) is 8.87. The van der Waals surface area contributed by atoms with Gasteiger partial charge in [0.15, 0.2) is 0 Å². The number of anilines is 1. The maximum absolute atomic E-state index is 11.4. The van der Waals surface area contributed by atoms with Gasteiger partial charge in [-0.3, -0.25) is 4.79 Å². The van der Waals surface area contributed by atoms with Crippen LogP contribution in [0.15, 0.2) is 10.9 Å². The molecule has 5 heteroatoms. The summed E-state index contributed by atoms with van der Waals surface area (Å²) in [6.45, 7) is 3.77. The highest BCUT2D eigenvalue weighted by molar-refractivity contribution is 5.50. The SMILES string of the molecule is CCCc1cc2[nH]c(=O)c(C)c(N)n2n1. The number of aromatic nitrogens is 3. The van der Waals surface area contributed by atoms with Crippen molar-refractivity contribution in [2.24, 2.45) is 0 Å². The molecule has 0 fully saturated rings.